The number of nitrogens with zero attached hydrogens (tertiary/aromatic N) is 3. The molecule has 0 N–H and O–H groups in total. The molecule has 0 amide bonds. The molecule has 0 aliphatic carbocycles. The summed E-state index contributed by atoms with van der Waals surface area (Å²) in [6.07, 6.45) is 2.60. The average molecular weight is 227 g/mol. The lowest BCUT2D eigenvalue weighted by Gasteiger charge is -2.28. The van der Waals surface area contributed by atoms with Gasteiger partial charge in [-0.3, -0.25) is 0 Å². The minimum atomic E-state index is 0.784. The first-order valence-corrected chi connectivity index (χ1v) is 6.63. The van der Waals surface area contributed by atoms with Crippen molar-refractivity contribution < 1.29 is 0 Å². The van der Waals surface area contributed by atoms with Crippen molar-refractivity contribution >= 4 is 0 Å². The maximum Gasteiger partial charge on any atom is 0.00162 e. The van der Waals surface area contributed by atoms with Crippen molar-refractivity contribution in [1.29, 1.82) is 0 Å². The van der Waals surface area contributed by atoms with E-state index < -0.39 is 0 Å². The van der Waals surface area contributed by atoms with Gasteiger partial charge in [0.25, 0.3) is 0 Å². The van der Waals surface area contributed by atoms with Crippen molar-refractivity contribution in [3.05, 3.63) is 0 Å². The van der Waals surface area contributed by atoms with E-state index in [-0.39, 0.29) is 0 Å². The number of hydrogen-bond donors (Lipinski definition) is 0. The molecule has 1 fully saturated rings. The summed E-state index contributed by atoms with van der Waals surface area (Å²) < 4.78 is 0. The lowest BCUT2D eigenvalue weighted by atomic mass is 10.1. The Morgan fingerprint density at radius 3 is 1.50 bits per heavy atom. The second kappa shape index (κ2) is 7.25. The Hall–Kier alpha value is -0.120. The fourth-order valence-corrected chi connectivity index (χ4v) is 2.64. The van der Waals surface area contributed by atoms with Crippen LogP contribution >= 0.6 is 0 Å². The van der Waals surface area contributed by atoms with Crippen LogP contribution in [-0.2, 0) is 0 Å². The highest BCUT2D eigenvalue weighted by Crippen LogP contribution is 2.04. The molecule has 0 saturated carbocycles. The topological polar surface area (TPSA) is 9.72 Å². The third-order valence-electron chi connectivity index (χ3n) is 3.41. The van der Waals surface area contributed by atoms with E-state index in [2.05, 4.69) is 42.8 Å². The molecule has 1 aliphatic rings. The minimum absolute atomic E-state index is 0.784. The summed E-state index contributed by atoms with van der Waals surface area (Å²) in [6, 6.07) is 0. The third kappa shape index (κ3) is 5.83. The first kappa shape index (κ1) is 13.9. The van der Waals surface area contributed by atoms with E-state index in [0.717, 1.165) is 5.92 Å². The first-order chi connectivity index (χ1) is 7.58. The van der Waals surface area contributed by atoms with Crippen LogP contribution < -0.4 is 0 Å². The largest absolute Gasteiger partial charge is 0.306 e. The van der Waals surface area contributed by atoms with Crippen LogP contribution in [-0.4, -0.2) is 75.1 Å². The highest BCUT2D eigenvalue weighted by Gasteiger charge is 2.11. The Morgan fingerprint density at radius 1 is 0.688 bits per heavy atom. The van der Waals surface area contributed by atoms with E-state index in [1.54, 1.807) is 0 Å². The molecule has 16 heavy (non-hydrogen) atoms. The lowest BCUT2D eigenvalue weighted by molar-refractivity contribution is 0.196. The molecule has 0 aromatic heterocycles. The summed E-state index contributed by atoms with van der Waals surface area (Å²) in [5.74, 6) is 0.784. The predicted octanol–water partition coefficient (Wildman–Crippen LogP) is 1.21. The van der Waals surface area contributed by atoms with Gasteiger partial charge in [0.05, 0.1) is 0 Å². The van der Waals surface area contributed by atoms with Crippen LogP contribution in [0, 0.1) is 5.92 Å². The van der Waals surface area contributed by atoms with Crippen LogP contribution in [0.2, 0.25) is 0 Å². The van der Waals surface area contributed by atoms with E-state index in [4.69, 9.17) is 0 Å². The molecule has 0 unspecified atom stereocenters. The van der Waals surface area contributed by atoms with Crippen LogP contribution in [0.25, 0.3) is 0 Å². The summed E-state index contributed by atoms with van der Waals surface area (Å²) in [5.41, 5.74) is 0. The van der Waals surface area contributed by atoms with Gasteiger partial charge in [-0.25, -0.2) is 0 Å². The zero-order chi connectivity index (χ0) is 12.0. The Morgan fingerprint density at radius 2 is 1.06 bits per heavy atom. The van der Waals surface area contributed by atoms with Gasteiger partial charge >= 0.3 is 0 Å². The van der Waals surface area contributed by atoms with Crippen molar-refractivity contribution in [2.24, 2.45) is 5.92 Å². The van der Waals surface area contributed by atoms with Crippen LogP contribution in [0.3, 0.4) is 0 Å². The first-order valence-electron chi connectivity index (χ1n) is 6.63. The maximum atomic E-state index is 2.48. The summed E-state index contributed by atoms with van der Waals surface area (Å²) in [7, 11) is 6.75. The second-order valence-electron chi connectivity index (χ2n) is 5.64. The molecular weight excluding hydrogens is 198 g/mol. The fraction of sp³-hybridized carbons (Fsp3) is 1.00. The van der Waals surface area contributed by atoms with Gasteiger partial charge in [0.15, 0.2) is 0 Å². The normalized spacial score (nSPS) is 26.2. The molecule has 0 bridgehead atoms. The minimum Gasteiger partial charge on any atom is -0.306 e. The van der Waals surface area contributed by atoms with Crippen molar-refractivity contribution in [1.82, 2.24) is 14.7 Å². The van der Waals surface area contributed by atoms with Crippen molar-refractivity contribution in [2.75, 3.05) is 60.4 Å². The van der Waals surface area contributed by atoms with E-state index >= 15 is 0 Å². The van der Waals surface area contributed by atoms with Gasteiger partial charge in [-0.15, -0.1) is 0 Å². The zero-order valence-corrected chi connectivity index (χ0v) is 11.6. The smallest absolute Gasteiger partial charge is 0.00162 e. The van der Waals surface area contributed by atoms with Crippen molar-refractivity contribution in [3.8, 4) is 0 Å². The highest BCUT2D eigenvalue weighted by atomic mass is 15.1. The Labute approximate surface area is 101 Å². The SMILES string of the molecule is CC1CN(C)CCCN(C)CCCN(C)C1. The van der Waals surface area contributed by atoms with Crippen LogP contribution in [0.5, 0.6) is 0 Å². The monoisotopic (exact) mass is 227 g/mol. The highest BCUT2D eigenvalue weighted by molar-refractivity contribution is 4.66. The summed E-state index contributed by atoms with van der Waals surface area (Å²) in [4.78, 5) is 7.43. The van der Waals surface area contributed by atoms with Gasteiger partial charge < -0.3 is 14.7 Å². The van der Waals surface area contributed by atoms with Gasteiger partial charge in [0.2, 0.25) is 0 Å². The van der Waals surface area contributed by atoms with Crippen LogP contribution in [0.1, 0.15) is 19.8 Å². The molecule has 0 radical (unpaired) electrons. The zero-order valence-electron chi connectivity index (χ0n) is 11.6. The van der Waals surface area contributed by atoms with Gasteiger partial charge in [-0.1, -0.05) is 6.92 Å². The van der Waals surface area contributed by atoms with Gasteiger partial charge in [0, 0.05) is 13.1 Å². The lowest BCUT2D eigenvalue weighted by Crippen LogP contribution is -2.36. The molecule has 0 atom stereocenters. The Balaban J connectivity index is 2.40. The standard InChI is InChI=1S/C13H29N3/c1-13-11-15(3)9-5-7-14(2)8-6-10-16(4)12-13/h13H,5-12H2,1-4H3. The summed E-state index contributed by atoms with van der Waals surface area (Å²) in [6.45, 7) is 9.77. The summed E-state index contributed by atoms with van der Waals surface area (Å²) >= 11 is 0. The average Bonchev–Trinajstić information content (AvgIpc) is 2.15. The molecule has 3 heteroatoms. The molecule has 0 aromatic rings. The number of rotatable bonds is 0. The Kier molecular flexibility index (Phi) is 6.32. The molecule has 1 aliphatic heterocycles. The predicted molar refractivity (Wildman–Crippen MR) is 70.9 cm³/mol. The van der Waals surface area contributed by atoms with Crippen LogP contribution in [0.15, 0.2) is 0 Å². The molecule has 1 saturated heterocycles. The quantitative estimate of drug-likeness (QED) is 0.616. The maximum absolute atomic E-state index is 2.48. The van der Waals surface area contributed by atoms with E-state index in [0.29, 0.717) is 0 Å². The molecule has 0 spiro atoms. The van der Waals surface area contributed by atoms with E-state index in [1.807, 2.05) is 0 Å². The molecule has 1 heterocycles. The fourth-order valence-electron chi connectivity index (χ4n) is 2.64. The second-order valence-corrected chi connectivity index (χ2v) is 5.64. The molecule has 1 rings (SSSR count). The van der Waals surface area contributed by atoms with E-state index in [9.17, 15) is 0 Å². The van der Waals surface area contributed by atoms with Gasteiger partial charge in [0.1, 0.15) is 0 Å². The Bertz CT molecular complexity index is 166. The van der Waals surface area contributed by atoms with E-state index in [1.165, 1.54) is 52.1 Å². The van der Waals surface area contributed by atoms with Crippen molar-refractivity contribution in [2.45, 2.75) is 19.8 Å². The van der Waals surface area contributed by atoms with Crippen LogP contribution in [0.4, 0.5) is 0 Å². The summed E-state index contributed by atoms with van der Waals surface area (Å²) in [5, 5.41) is 0. The molecule has 96 valence electrons. The molecule has 3 nitrogen and oxygen atoms in total. The van der Waals surface area contributed by atoms with Gasteiger partial charge in [-0.2, -0.15) is 0 Å². The van der Waals surface area contributed by atoms with Gasteiger partial charge in [-0.05, 0) is 66.1 Å². The van der Waals surface area contributed by atoms with Crippen molar-refractivity contribution in [3.63, 3.8) is 0 Å². The third-order valence-corrected chi connectivity index (χ3v) is 3.41. The molecule has 0 aromatic carbocycles. The molecular formula is C13H29N3. The number of hydrogen-bond acceptors (Lipinski definition) is 3.